The summed E-state index contributed by atoms with van der Waals surface area (Å²) in [6, 6.07) is 10.2. The van der Waals surface area contributed by atoms with Crippen molar-refractivity contribution in [3.05, 3.63) is 35.9 Å². The lowest BCUT2D eigenvalue weighted by molar-refractivity contribution is -0.109. The van der Waals surface area contributed by atoms with Crippen LogP contribution in [0.5, 0.6) is 0 Å². The van der Waals surface area contributed by atoms with Gasteiger partial charge in [0.1, 0.15) is 6.29 Å². The molecule has 100 valence electrons. The lowest BCUT2D eigenvalue weighted by atomic mass is 9.88. The monoisotopic (exact) mass is 248 g/mol. The largest absolute Gasteiger partial charge is 0.378 e. The van der Waals surface area contributed by atoms with Crippen molar-refractivity contribution in [2.24, 2.45) is 0 Å². The van der Waals surface area contributed by atoms with E-state index in [4.69, 9.17) is 4.74 Å². The van der Waals surface area contributed by atoms with Gasteiger partial charge in [0.15, 0.2) is 0 Å². The molecule has 0 spiro atoms. The number of rotatable bonds is 9. The fraction of sp³-hybridized carbons (Fsp3) is 0.562. The molecule has 1 rings (SSSR count). The number of benzene rings is 1. The third-order valence-electron chi connectivity index (χ3n) is 3.14. The maximum Gasteiger partial charge on any atom is 0.120 e. The summed E-state index contributed by atoms with van der Waals surface area (Å²) in [6.45, 7) is 5.04. The van der Waals surface area contributed by atoms with E-state index in [-0.39, 0.29) is 12.0 Å². The number of carbonyl (C=O) groups excluding carboxylic acids is 1. The molecule has 0 aromatic heterocycles. The summed E-state index contributed by atoms with van der Waals surface area (Å²) in [6.07, 6.45) is 4.81. The fourth-order valence-electron chi connectivity index (χ4n) is 2.26. The van der Waals surface area contributed by atoms with Crippen LogP contribution in [0, 0.1) is 0 Å². The summed E-state index contributed by atoms with van der Waals surface area (Å²) >= 11 is 0. The summed E-state index contributed by atoms with van der Waals surface area (Å²) in [4.78, 5) is 10.9. The SMILES string of the molecule is CCCOC(CCC)C(CC=O)c1ccccc1. The van der Waals surface area contributed by atoms with Gasteiger partial charge in [-0.3, -0.25) is 0 Å². The topological polar surface area (TPSA) is 26.3 Å². The van der Waals surface area contributed by atoms with Gasteiger partial charge in [0, 0.05) is 18.9 Å². The second-order valence-electron chi connectivity index (χ2n) is 4.62. The van der Waals surface area contributed by atoms with Crippen LogP contribution in [0.2, 0.25) is 0 Å². The van der Waals surface area contributed by atoms with Gasteiger partial charge < -0.3 is 9.53 Å². The van der Waals surface area contributed by atoms with Crippen LogP contribution >= 0.6 is 0 Å². The molecule has 0 fully saturated rings. The Morgan fingerprint density at radius 1 is 1.17 bits per heavy atom. The zero-order valence-corrected chi connectivity index (χ0v) is 11.5. The summed E-state index contributed by atoms with van der Waals surface area (Å²) in [5.74, 6) is 0.190. The highest BCUT2D eigenvalue weighted by molar-refractivity contribution is 5.52. The van der Waals surface area contributed by atoms with Crippen molar-refractivity contribution in [3.63, 3.8) is 0 Å². The molecule has 0 radical (unpaired) electrons. The quantitative estimate of drug-likeness (QED) is 0.618. The van der Waals surface area contributed by atoms with Crippen LogP contribution in [0.15, 0.2) is 30.3 Å². The van der Waals surface area contributed by atoms with E-state index in [1.807, 2.05) is 18.2 Å². The second-order valence-corrected chi connectivity index (χ2v) is 4.62. The molecule has 2 unspecified atom stereocenters. The normalized spacial score (nSPS) is 14.1. The predicted octanol–water partition coefficient (Wildman–Crippen LogP) is 3.95. The Balaban J connectivity index is 2.81. The van der Waals surface area contributed by atoms with Gasteiger partial charge in [-0.2, -0.15) is 0 Å². The minimum atomic E-state index is 0.155. The van der Waals surface area contributed by atoms with Gasteiger partial charge >= 0.3 is 0 Å². The second kappa shape index (κ2) is 8.87. The Morgan fingerprint density at radius 3 is 2.44 bits per heavy atom. The van der Waals surface area contributed by atoms with E-state index in [9.17, 15) is 4.79 Å². The van der Waals surface area contributed by atoms with Gasteiger partial charge in [0.25, 0.3) is 0 Å². The van der Waals surface area contributed by atoms with Crippen molar-refractivity contribution >= 4 is 6.29 Å². The zero-order valence-electron chi connectivity index (χ0n) is 11.5. The lowest BCUT2D eigenvalue weighted by Crippen LogP contribution is -2.23. The molecule has 0 saturated heterocycles. The number of carbonyl (C=O) groups is 1. The number of hydrogen-bond acceptors (Lipinski definition) is 2. The van der Waals surface area contributed by atoms with E-state index < -0.39 is 0 Å². The van der Waals surface area contributed by atoms with Crippen molar-refractivity contribution < 1.29 is 9.53 Å². The van der Waals surface area contributed by atoms with Crippen molar-refractivity contribution in [1.82, 2.24) is 0 Å². The van der Waals surface area contributed by atoms with E-state index in [0.717, 1.165) is 32.2 Å². The molecular formula is C16H24O2. The first-order valence-electron chi connectivity index (χ1n) is 6.93. The summed E-state index contributed by atoms with van der Waals surface area (Å²) in [5, 5.41) is 0. The first-order chi connectivity index (χ1) is 8.83. The molecular weight excluding hydrogens is 224 g/mol. The minimum absolute atomic E-state index is 0.155. The Labute approximate surface area is 110 Å². The average molecular weight is 248 g/mol. The molecule has 0 bridgehead atoms. The summed E-state index contributed by atoms with van der Waals surface area (Å²) in [7, 11) is 0. The Bertz CT molecular complexity index is 321. The van der Waals surface area contributed by atoms with E-state index >= 15 is 0 Å². The molecule has 0 aliphatic rings. The summed E-state index contributed by atoms with van der Waals surface area (Å²) < 4.78 is 5.94. The van der Waals surface area contributed by atoms with Gasteiger partial charge in [0.2, 0.25) is 0 Å². The molecule has 1 aromatic carbocycles. The maximum absolute atomic E-state index is 10.9. The molecule has 18 heavy (non-hydrogen) atoms. The standard InChI is InChI=1S/C16H24O2/c1-3-8-16(18-13-4-2)15(11-12-17)14-9-6-5-7-10-14/h5-7,9-10,12,15-16H,3-4,8,11,13H2,1-2H3. The van der Waals surface area contributed by atoms with Gasteiger partial charge in [0.05, 0.1) is 6.10 Å². The van der Waals surface area contributed by atoms with E-state index in [2.05, 4.69) is 26.0 Å². The van der Waals surface area contributed by atoms with Crippen LogP contribution in [0.4, 0.5) is 0 Å². The van der Waals surface area contributed by atoms with Crippen LogP contribution in [0.1, 0.15) is 51.0 Å². The van der Waals surface area contributed by atoms with Crippen LogP contribution in [-0.2, 0) is 9.53 Å². The minimum Gasteiger partial charge on any atom is -0.378 e. The predicted molar refractivity (Wildman–Crippen MR) is 74.8 cm³/mol. The Morgan fingerprint density at radius 2 is 1.89 bits per heavy atom. The molecule has 2 heteroatoms. The molecule has 0 aliphatic heterocycles. The van der Waals surface area contributed by atoms with Gasteiger partial charge in [-0.25, -0.2) is 0 Å². The van der Waals surface area contributed by atoms with Crippen LogP contribution in [0.25, 0.3) is 0 Å². The highest BCUT2D eigenvalue weighted by Crippen LogP contribution is 2.27. The molecule has 0 aliphatic carbocycles. The summed E-state index contributed by atoms with van der Waals surface area (Å²) in [5.41, 5.74) is 1.21. The van der Waals surface area contributed by atoms with E-state index in [1.165, 1.54) is 5.56 Å². The van der Waals surface area contributed by atoms with Gasteiger partial charge in [-0.05, 0) is 18.4 Å². The molecule has 0 N–H and O–H groups in total. The molecule has 0 saturated carbocycles. The average Bonchev–Trinajstić information content (AvgIpc) is 2.42. The van der Waals surface area contributed by atoms with Crippen LogP contribution in [0.3, 0.4) is 0 Å². The first-order valence-corrected chi connectivity index (χ1v) is 6.93. The molecule has 2 atom stereocenters. The molecule has 0 amide bonds. The number of aldehydes is 1. The Hall–Kier alpha value is -1.15. The van der Waals surface area contributed by atoms with Crippen molar-refractivity contribution in [2.45, 2.75) is 51.6 Å². The molecule has 0 heterocycles. The van der Waals surface area contributed by atoms with Crippen molar-refractivity contribution in [3.8, 4) is 0 Å². The molecule has 2 nitrogen and oxygen atoms in total. The highest BCUT2D eigenvalue weighted by atomic mass is 16.5. The lowest BCUT2D eigenvalue weighted by Gasteiger charge is -2.26. The third-order valence-corrected chi connectivity index (χ3v) is 3.14. The zero-order chi connectivity index (χ0) is 13.2. The van der Waals surface area contributed by atoms with Gasteiger partial charge in [-0.15, -0.1) is 0 Å². The smallest absolute Gasteiger partial charge is 0.120 e. The maximum atomic E-state index is 10.9. The molecule has 1 aromatic rings. The Kier molecular flexibility index (Phi) is 7.35. The van der Waals surface area contributed by atoms with Crippen molar-refractivity contribution in [1.29, 1.82) is 0 Å². The van der Waals surface area contributed by atoms with E-state index in [0.29, 0.717) is 6.42 Å². The van der Waals surface area contributed by atoms with Crippen LogP contribution in [-0.4, -0.2) is 19.0 Å². The third kappa shape index (κ3) is 4.61. The van der Waals surface area contributed by atoms with Gasteiger partial charge in [-0.1, -0.05) is 50.6 Å². The fourth-order valence-corrected chi connectivity index (χ4v) is 2.26. The first kappa shape index (κ1) is 14.9. The van der Waals surface area contributed by atoms with Crippen LogP contribution < -0.4 is 0 Å². The number of ether oxygens (including phenoxy) is 1. The van der Waals surface area contributed by atoms with Crippen molar-refractivity contribution in [2.75, 3.05) is 6.61 Å². The van der Waals surface area contributed by atoms with E-state index in [1.54, 1.807) is 0 Å². The highest BCUT2D eigenvalue weighted by Gasteiger charge is 2.22. The number of hydrogen-bond donors (Lipinski definition) is 0.